The average Bonchev–Trinajstić information content (AvgIpc) is 2.86. The average molecular weight is 192 g/mol. The van der Waals surface area contributed by atoms with Gasteiger partial charge in [-0.1, -0.05) is 0 Å². The number of hydrogen-bond acceptors (Lipinski definition) is 4. The van der Waals surface area contributed by atoms with Crippen molar-refractivity contribution in [1.29, 1.82) is 0 Å². The lowest BCUT2D eigenvalue weighted by Gasteiger charge is -2.10. The summed E-state index contributed by atoms with van der Waals surface area (Å²) in [6.45, 7) is 0. The zero-order valence-electron chi connectivity index (χ0n) is 7.90. The van der Waals surface area contributed by atoms with Crippen molar-refractivity contribution in [2.24, 2.45) is 0 Å². The smallest absolute Gasteiger partial charge is 0.0997 e. The van der Waals surface area contributed by atoms with Gasteiger partial charge in [-0.05, 0) is 25.1 Å². The predicted molar refractivity (Wildman–Crippen MR) is 50.6 cm³/mol. The molecular weight excluding hydrogens is 180 g/mol. The summed E-state index contributed by atoms with van der Waals surface area (Å²) in [5, 5.41) is 13.6. The molecule has 0 aromatic carbocycles. The number of nitrogens with zero attached hydrogens (tertiary/aromatic N) is 2. The summed E-state index contributed by atoms with van der Waals surface area (Å²) < 4.78 is 5.01. The van der Waals surface area contributed by atoms with Crippen LogP contribution in [0.2, 0.25) is 0 Å². The summed E-state index contributed by atoms with van der Waals surface area (Å²) in [6, 6.07) is 2.12. The standard InChI is InChI=1S/C9H12N4O/c1-10-8(9-5-11-13-12-9)4-7-2-3-14-6-7/h2-3,5-6,8,10H,4H2,1H3,(H,11,12,13). The Bertz CT molecular complexity index is 354. The molecule has 0 aliphatic rings. The minimum atomic E-state index is 0.173. The van der Waals surface area contributed by atoms with Crippen LogP contribution >= 0.6 is 0 Å². The maximum absolute atomic E-state index is 5.01. The number of aromatic nitrogens is 3. The van der Waals surface area contributed by atoms with Gasteiger partial charge in [0.1, 0.15) is 0 Å². The van der Waals surface area contributed by atoms with Gasteiger partial charge in [-0.3, -0.25) is 0 Å². The van der Waals surface area contributed by atoms with E-state index < -0.39 is 0 Å². The Morgan fingerprint density at radius 2 is 2.57 bits per heavy atom. The lowest BCUT2D eigenvalue weighted by Crippen LogP contribution is -2.19. The lowest BCUT2D eigenvalue weighted by atomic mass is 10.1. The summed E-state index contributed by atoms with van der Waals surface area (Å²) in [5.74, 6) is 0. The summed E-state index contributed by atoms with van der Waals surface area (Å²) in [7, 11) is 1.90. The lowest BCUT2D eigenvalue weighted by molar-refractivity contribution is 0.546. The van der Waals surface area contributed by atoms with E-state index in [0.717, 1.165) is 17.7 Å². The molecule has 0 amide bonds. The van der Waals surface area contributed by atoms with Crippen molar-refractivity contribution in [3.05, 3.63) is 36.0 Å². The third-order valence-corrected chi connectivity index (χ3v) is 2.16. The first-order valence-corrected chi connectivity index (χ1v) is 4.44. The fourth-order valence-corrected chi connectivity index (χ4v) is 1.38. The number of furan rings is 1. The van der Waals surface area contributed by atoms with E-state index in [1.165, 1.54) is 0 Å². The van der Waals surface area contributed by atoms with Crippen molar-refractivity contribution in [3.8, 4) is 0 Å². The van der Waals surface area contributed by atoms with Gasteiger partial charge in [0, 0.05) is 0 Å². The number of aromatic amines is 1. The highest BCUT2D eigenvalue weighted by Gasteiger charge is 2.12. The molecule has 5 heteroatoms. The van der Waals surface area contributed by atoms with Crippen LogP contribution in [0.5, 0.6) is 0 Å². The minimum absolute atomic E-state index is 0.173. The molecule has 1 unspecified atom stereocenters. The van der Waals surface area contributed by atoms with Crippen LogP contribution in [0.1, 0.15) is 17.3 Å². The Balaban J connectivity index is 2.08. The predicted octanol–water partition coefficient (Wildman–Crippen LogP) is 0.901. The van der Waals surface area contributed by atoms with Crippen LogP contribution in [0.15, 0.2) is 29.2 Å². The molecule has 0 spiro atoms. The molecule has 2 aromatic heterocycles. The molecule has 74 valence electrons. The maximum atomic E-state index is 5.01. The highest BCUT2D eigenvalue weighted by atomic mass is 16.3. The topological polar surface area (TPSA) is 66.7 Å². The maximum Gasteiger partial charge on any atom is 0.0997 e. The molecule has 14 heavy (non-hydrogen) atoms. The second-order valence-electron chi connectivity index (χ2n) is 3.07. The van der Waals surface area contributed by atoms with Gasteiger partial charge in [0.05, 0.1) is 30.5 Å². The zero-order chi connectivity index (χ0) is 9.80. The van der Waals surface area contributed by atoms with Crippen LogP contribution in [0.25, 0.3) is 0 Å². The normalized spacial score (nSPS) is 12.9. The summed E-state index contributed by atoms with van der Waals surface area (Å²) in [5.41, 5.74) is 2.06. The molecule has 1 atom stereocenters. The van der Waals surface area contributed by atoms with E-state index in [1.807, 2.05) is 13.1 Å². The number of hydrogen-bond donors (Lipinski definition) is 2. The Labute approximate surface area is 81.5 Å². The molecule has 2 aromatic rings. The van der Waals surface area contributed by atoms with E-state index in [0.29, 0.717) is 0 Å². The van der Waals surface area contributed by atoms with Gasteiger partial charge in [-0.2, -0.15) is 15.4 Å². The molecule has 0 aliphatic heterocycles. The number of rotatable bonds is 4. The Hall–Kier alpha value is -1.62. The number of nitrogens with one attached hydrogen (secondary N) is 2. The molecule has 2 rings (SSSR count). The van der Waals surface area contributed by atoms with Gasteiger partial charge in [0.15, 0.2) is 0 Å². The van der Waals surface area contributed by atoms with E-state index in [1.54, 1.807) is 18.7 Å². The first-order valence-electron chi connectivity index (χ1n) is 4.44. The van der Waals surface area contributed by atoms with Crippen LogP contribution in [0, 0.1) is 0 Å². The number of likely N-dealkylation sites (N-methyl/N-ethyl adjacent to an activating group) is 1. The Morgan fingerprint density at radius 1 is 1.64 bits per heavy atom. The fraction of sp³-hybridized carbons (Fsp3) is 0.333. The van der Waals surface area contributed by atoms with E-state index in [2.05, 4.69) is 20.7 Å². The van der Waals surface area contributed by atoms with E-state index in [-0.39, 0.29) is 6.04 Å². The zero-order valence-corrected chi connectivity index (χ0v) is 7.90. The van der Waals surface area contributed by atoms with Crippen LogP contribution in [-0.4, -0.2) is 22.5 Å². The molecule has 0 fully saturated rings. The van der Waals surface area contributed by atoms with E-state index in [4.69, 9.17) is 4.42 Å². The van der Waals surface area contributed by atoms with Gasteiger partial charge in [-0.15, -0.1) is 0 Å². The molecule has 5 nitrogen and oxygen atoms in total. The van der Waals surface area contributed by atoms with E-state index in [9.17, 15) is 0 Å². The minimum Gasteiger partial charge on any atom is -0.472 e. The third kappa shape index (κ3) is 1.82. The fourth-order valence-electron chi connectivity index (χ4n) is 1.38. The monoisotopic (exact) mass is 192 g/mol. The Kier molecular flexibility index (Phi) is 2.60. The van der Waals surface area contributed by atoms with Gasteiger partial charge >= 0.3 is 0 Å². The van der Waals surface area contributed by atoms with Crippen LogP contribution < -0.4 is 5.32 Å². The number of H-pyrrole nitrogens is 1. The van der Waals surface area contributed by atoms with Crippen molar-refractivity contribution >= 4 is 0 Å². The van der Waals surface area contributed by atoms with E-state index >= 15 is 0 Å². The van der Waals surface area contributed by atoms with Crippen LogP contribution in [0.4, 0.5) is 0 Å². The van der Waals surface area contributed by atoms with Crippen LogP contribution in [-0.2, 0) is 6.42 Å². The Morgan fingerprint density at radius 3 is 3.14 bits per heavy atom. The largest absolute Gasteiger partial charge is 0.472 e. The third-order valence-electron chi connectivity index (χ3n) is 2.16. The van der Waals surface area contributed by atoms with Gasteiger partial charge < -0.3 is 9.73 Å². The van der Waals surface area contributed by atoms with Crippen molar-refractivity contribution in [2.75, 3.05) is 7.05 Å². The van der Waals surface area contributed by atoms with Gasteiger partial charge in [-0.25, -0.2) is 0 Å². The highest BCUT2D eigenvalue weighted by molar-refractivity contribution is 5.11. The quantitative estimate of drug-likeness (QED) is 0.755. The molecule has 2 N–H and O–H groups in total. The summed E-state index contributed by atoms with van der Waals surface area (Å²) in [4.78, 5) is 0. The van der Waals surface area contributed by atoms with Crippen molar-refractivity contribution < 1.29 is 4.42 Å². The molecular formula is C9H12N4O. The summed E-state index contributed by atoms with van der Waals surface area (Å²) in [6.07, 6.45) is 5.98. The molecule has 0 bridgehead atoms. The molecule has 0 aliphatic carbocycles. The first-order chi connectivity index (χ1) is 6.90. The van der Waals surface area contributed by atoms with Gasteiger partial charge in [0.25, 0.3) is 0 Å². The van der Waals surface area contributed by atoms with Crippen LogP contribution in [0.3, 0.4) is 0 Å². The molecule has 0 saturated heterocycles. The highest BCUT2D eigenvalue weighted by Crippen LogP contribution is 2.14. The molecule has 0 radical (unpaired) electrons. The second kappa shape index (κ2) is 4.06. The summed E-state index contributed by atoms with van der Waals surface area (Å²) >= 11 is 0. The van der Waals surface area contributed by atoms with Gasteiger partial charge in [0.2, 0.25) is 0 Å². The van der Waals surface area contributed by atoms with Crippen molar-refractivity contribution in [2.45, 2.75) is 12.5 Å². The molecule has 0 saturated carbocycles. The van der Waals surface area contributed by atoms with Crippen molar-refractivity contribution in [3.63, 3.8) is 0 Å². The first kappa shape index (κ1) is 8.96. The van der Waals surface area contributed by atoms with Crippen molar-refractivity contribution in [1.82, 2.24) is 20.7 Å². The SMILES string of the molecule is CNC(Cc1ccoc1)c1cn[nH]n1. The molecule has 2 heterocycles. The second-order valence-corrected chi connectivity index (χ2v) is 3.07.